The first kappa shape index (κ1) is 20.2. The van der Waals surface area contributed by atoms with E-state index >= 15 is 0 Å². The lowest BCUT2D eigenvalue weighted by Gasteiger charge is -2.62. The Balaban J connectivity index is 1.65. The lowest BCUT2D eigenvalue weighted by atomic mass is 9.47. The van der Waals surface area contributed by atoms with Gasteiger partial charge in [0.15, 0.2) is 0 Å². The van der Waals surface area contributed by atoms with Crippen LogP contribution in [0.15, 0.2) is 0 Å². The number of nitrogens with zero attached hydrogens (tertiary/aromatic N) is 1. The van der Waals surface area contributed by atoms with Gasteiger partial charge in [-0.05, 0) is 94.3 Å². The van der Waals surface area contributed by atoms with E-state index in [2.05, 4.69) is 31.0 Å². The van der Waals surface area contributed by atoms with Gasteiger partial charge in [-0.2, -0.15) is 0 Å². The molecule has 7 atom stereocenters. The highest BCUT2D eigenvalue weighted by Gasteiger charge is 2.61. The van der Waals surface area contributed by atoms with E-state index in [1.807, 2.05) is 13.8 Å². The molecule has 0 aromatic carbocycles. The lowest BCUT2D eigenvalue weighted by Crippen LogP contribution is -2.65. The molecule has 0 bridgehead atoms. The van der Waals surface area contributed by atoms with Crippen molar-refractivity contribution in [3.8, 4) is 0 Å². The summed E-state index contributed by atoms with van der Waals surface area (Å²) in [7, 11) is 0. The molecule has 3 saturated carbocycles. The van der Waals surface area contributed by atoms with Crippen LogP contribution in [0.2, 0.25) is 0 Å². The van der Waals surface area contributed by atoms with Gasteiger partial charge >= 0.3 is 0 Å². The molecule has 1 aliphatic heterocycles. The van der Waals surface area contributed by atoms with E-state index in [1.54, 1.807) is 0 Å². The Kier molecular flexibility index (Phi) is 5.07. The first-order chi connectivity index (χ1) is 13.2. The van der Waals surface area contributed by atoms with Gasteiger partial charge in [0.2, 0.25) is 11.8 Å². The molecule has 158 valence electrons. The zero-order valence-corrected chi connectivity index (χ0v) is 18.6. The van der Waals surface area contributed by atoms with Crippen LogP contribution in [-0.4, -0.2) is 35.3 Å². The van der Waals surface area contributed by atoms with Crippen molar-refractivity contribution in [2.24, 2.45) is 34.5 Å². The van der Waals surface area contributed by atoms with Crippen molar-refractivity contribution in [3.63, 3.8) is 0 Å². The van der Waals surface area contributed by atoms with Crippen LogP contribution in [0, 0.1) is 34.5 Å². The molecule has 1 N–H and O–H groups in total. The quantitative estimate of drug-likeness (QED) is 0.729. The fraction of sp³-hybridized carbons (Fsp3) is 0.917. The number of hydrogen-bond donors (Lipinski definition) is 1. The Morgan fingerprint density at radius 2 is 1.89 bits per heavy atom. The third-order valence-electron chi connectivity index (χ3n) is 9.29. The number of hydrogen-bond acceptors (Lipinski definition) is 2. The highest BCUT2D eigenvalue weighted by molar-refractivity contribution is 6.01. The Morgan fingerprint density at radius 3 is 2.57 bits per heavy atom. The number of carbonyl (C=O) groups excluding carboxylic acids is 2. The number of likely N-dealkylation sites (tertiary alicyclic amines) is 1. The summed E-state index contributed by atoms with van der Waals surface area (Å²) in [6.07, 6.45) is 9.96. The van der Waals surface area contributed by atoms with Crippen LogP contribution in [-0.2, 0) is 9.59 Å². The first-order valence-electron chi connectivity index (χ1n) is 11.8. The zero-order valence-electron chi connectivity index (χ0n) is 18.6. The molecule has 2 unspecified atom stereocenters. The van der Waals surface area contributed by atoms with E-state index in [1.165, 1.54) is 38.5 Å². The van der Waals surface area contributed by atoms with E-state index < -0.39 is 5.92 Å². The fourth-order valence-electron chi connectivity index (χ4n) is 8.08. The molecular formula is C24H40N2O2. The maximum absolute atomic E-state index is 13.2. The standard InChI is InChI=1S/C24H40N2O2/c1-6-26-20-10-9-16-18-8-7-12-23(18,4)13-11-19(16)24(20,5)14-17(22(26)28)21(27)25-15(2)3/h15-20H,6-14H2,1-5H3,(H,25,27)/t16-,17?,18-,19+,20?,23-,24+/m0/s1. The van der Waals surface area contributed by atoms with Crippen molar-refractivity contribution < 1.29 is 9.59 Å². The number of fused-ring (bicyclic) bond motifs is 5. The molecule has 4 aliphatic rings. The van der Waals surface area contributed by atoms with Gasteiger partial charge in [-0.25, -0.2) is 0 Å². The van der Waals surface area contributed by atoms with E-state index in [4.69, 9.17) is 0 Å². The molecule has 0 spiro atoms. The van der Waals surface area contributed by atoms with Crippen LogP contribution in [0.25, 0.3) is 0 Å². The Labute approximate surface area is 171 Å². The second-order valence-corrected chi connectivity index (χ2v) is 11.1. The minimum absolute atomic E-state index is 0.0539. The van der Waals surface area contributed by atoms with Gasteiger partial charge in [0.1, 0.15) is 5.92 Å². The average Bonchev–Trinajstić information content (AvgIpc) is 3.03. The van der Waals surface area contributed by atoms with E-state index in [9.17, 15) is 9.59 Å². The highest BCUT2D eigenvalue weighted by atomic mass is 16.2. The van der Waals surface area contributed by atoms with Crippen molar-refractivity contribution in [2.45, 2.75) is 98.1 Å². The number of amides is 2. The molecule has 4 rings (SSSR count). The second-order valence-electron chi connectivity index (χ2n) is 11.1. The van der Waals surface area contributed by atoms with Crippen molar-refractivity contribution in [2.75, 3.05) is 6.54 Å². The smallest absolute Gasteiger partial charge is 0.235 e. The molecule has 0 aromatic heterocycles. The molecule has 3 aliphatic carbocycles. The van der Waals surface area contributed by atoms with Gasteiger partial charge in [0.25, 0.3) is 0 Å². The maximum atomic E-state index is 13.2. The SMILES string of the molecule is CCN1C(=O)C(C(=O)NC(C)C)C[C@@]2(C)C1CC[C@@H]1[C@H]2CC[C@]2(C)CCC[C@@H]12. The number of nitrogens with one attached hydrogen (secondary N) is 1. The molecule has 0 radical (unpaired) electrons. The summed E-state index contributed by atoms with van der Waals surface area (Å²) in [4.78, 5) is 28.2. The van der Waals surface area contributed by atoms with Crippen LogP contribution < -0.4 is 5.32 Å². The van der Waals surface area contributed by atoms with Crippen molar-refractivity contribution in [1.82, 2.24) is 10.2 Å². The van der Waals surface area contributed by atoms with Crippen molar-refractivity contribution in [3.05, 3.63) is 0 Å². The third-order valence-corrected chi connectivity index (χ3v) is 9.29. The van der Waals surface area contributed by atoms with Crippen LogP contribution >= 0.6 is 0 Å². The molecule has 4 nitrogen and oxygen atoms in total. The molecule has 4 fully saturated rings. The summed E-state index contributed by atoms with van der Waals surface area (Å²) in [6.45, 7) is 11.7. The van der Waals surface area contributed by atoms with Gasteiger partial charge in [0.05, 0.1) is 0 Å². The van der Waals surface area contributed by atoms with Crippen molar-refractivity contribution in [1.29, 1.82) is 0 Å². The summed E-state index contributed by atoms with van der Waals surface area (Å²) in [5.74, 6) is 1.84. The molecule has 0 aromatic rings. The van der Waals surface area contributed by atoms with Crippen molar-refractivity contribution >= 4 is 11.8 Å². The van der Waals surface area contributed by atoms with Crippen LogP contribution in [0.1, 0.15) is 86.0 Å². The molecule has 2 amide bonds. The fourth-order valence-corrected chi connectivity index (χ4v) is 8.08. The van der Waals surface area contributed by atoms with E-state index in [-0.39, 0.29) is 23.3 Å². The summed E-state index contributed by atoms with van der Waals surface area (Å²) in [5.41, 5.74) is 0.628. The minimum atomic E-state index is -0.501. The topological polar surface area (TPSA) is 49.4 Å². The summed E-state index contributed by atoms with van der Waals surface area (Å²) in [5, 5.41) is 3.03. The Bertz CT molecular complexity index is 647. The largest absolute Gasteiger partial charge is 0.353 e. The predicted molar refractivity (Wildman–Crippen MR) is 112 cm³/mol. The third kappa shape index (κ3) is 2.92. The van der Waals surface area contributed by atoms with E-state index in [0.717, 1.165) is 31.2 Å². The number of rotatable bonds is 3. The zero-order chi connectivity index (χ0) is 20.3. The Morgan fingerprint density at radius 1 is 1.14 bits per heavy atom. The average molecular weight is 389 g/mol. The molecule has 28 heavy (non-hydrogen) atoms. The monoisotopic (exact) mass is 388 g/mol. The molecule has 1 saturated heterocycles. The molecule has 1 heterocycles. The van der Waals surface area contributed by atoms with Crippen LogP contribution in [0.4, 0.5) is 0 Å². The maximum Gasteiger partial charge on any atom is 0.235 e. The van der Waals surface area contributed by atoms with Gasteiger partial charge in [-0.15, -0.1) is 0 Å². The van der Waals surface area contributed by atoms with Crippen LogP contribution in [0.5, 0.6) is 0 Å². The second kappa shape index (κ2) is 7.02. The normalized spacial score (nSPS) is 45.4. The summed E-state index contributed by atoms with van der Waals surface area (Å²) in [6, 6.07) is 0.397. The van der Waals surface area contributed by atoms with Crippen LogP contribution in [0.3, 0.4) is 0 Å². The summed E-state index contributed by atoms with van der Waals surface area (Å²) < 4.78 is 0. The molecule has 4 heteroatoms. The first-order valence-corrected chi connectivity index (χ1v) is 11.8. The predicted octanol–water partition coefficient (Wildman–Crippen LogP) is 4.38. The van der Waals surface area contributed by atoms with Gasteiger partial charge in [0, 0.05) is 18.6 Å². The number of carbonyl (C=O) groups is 2. The Hall–Kier alpha value is -1.06. The van der Waals surface area contributed by atoms with E-state index in [0.29, 0.717) is 17.4 Å². The van der Waals surface area contributed by atoms with Gasteiger partial charge < -0.3 is 10.2 Å². The molecular weight excluding hydrogens is 348 g/mol. The highest BCUT2D eigenvalue weighted by Crippen LogP contribution is 2.65. The minimum Gasteiger partial charge on any atom is -0.353 e. The van der Waals surface area contributed by atoms with Gasteiger partial charge in [-0.1, -0.05) is 20.3 Å². The summed E-state index contributed by atoms with van der Waals surface area (Å²) >= 11 is 0. The number of piperidine rings is 1. The van der Waals surface area contributed by atoms with Gasteiger partial charge in [-0.3, -0.25) is 9.59 Å². The lowest BCUT2D eigenvalue weighted by molar-refractivity contribution is -0.172.